The van der Waals surface area contributed by atoms with Crippen LogP contribution >= 0.6 is 31.9 Å². The average molecular weight is 528 g/mol. The molecule has 1 aliphatic heterocycles. The fourth-order valence-corrected chi connectivity index (χ4v) is 4.29. The zero-order valence-electron chi connectivity index (χ0n) is 16.4. The molecule has 3 aromatic carbocycles. The predicted octanol–water partition coefficient (Wildman–Crippen LogP) is 6.26. The lowest BCUT2D eigenvalue weighted by Gasteiger charge is -2.38. The molecule has 0 aliphatic carbocycles. The molecule has 6 heteroatoms. The highest BCUT2D eigenvalue weighted by molar-refractivity contribution is 9.10. The minimum atomic E-state index is -0.276. The highest BCUT2D eigenvalue weighted by atomic mass is 79.9. The first-order valence-corrected chi connectivity index (χ1v) is 11.3. The van der Waals surface area contributed by atoms with Gasteiger partial charge >= 0.3 is 5.97 Å². The van der Waals surface area contributed by atoms with Crippen molar-refractivity contribution in [1.82, 2.24) is 4.90 Å². The second-order valence-corrected chi connectivity index (χ2v) is 8.72. The molecule has 0 radical (unpaired) electrons. The molecule has 0 spiro atoms. The molecule has 30 heavy (non-hydrogen) atoms. The van der Waals surface area contributed by atoms with Crippen LogP contribution in [0.1, 0.15) is 29.7 Å². The van der Waals surface area contributed by atoms with E-state index in [1.165, 1.54) is 0 Å². The van der Waals surface area contributed by atoms with Crippen molar-refractivity contribution in [3.8, 4) is 0 Å². The SMILES string of the molecule is CCOC(=O)CN1C(c2ccc(Br)cc2)=Nc2ccc(Br)cc2[C@H]1c1ccccc1. The largest absolute Gasteiger partial charge is 0.465 e. The van der Waals surface area contributed by atoms with E-state index < -0.39 is 0 Å². The molecular weight excluding hydrogens is 508 g/mol. The molecule has 0 saturated carbocycles. The molecule has 4 nitrogen and oxygen atoms in total. The molecule has 0 unspecified atom stereocenters. The van der Waals surface area contributed by atoms with Gasteiger partial charge in [0.2, 0.25) is 0 Å². The Bertz CT molecular complexity index is 1080. The summed E-state index contributed by atoms with van der Waals surface area (Å²) < 4.78 is 7.25. The summed E-state index contributed by atoms with van der Waals surface area (Å²) in [6.45, 7) is 2.27. The summed E-state index contributed by atoms with van der Waals surface area (Å²) in [4.78, 5) is 19.6. The van der Waals surface area contributed by atoms with Crippen LogP contribution in [0.3, 0.4) is 0 Å². The van der Waals surface area contributed by atoms with Gasteiger partial charge in [-0.25, -0.2) is 4.99 Å². The molecule has 1 atom stereocenters. The molecule has 0 saturated heterocycles. The topological polar surface area (TPSA) is 41.9 Å². The third-order valence-electron chi connectivity index (χ3n) is 4.92. The number of benzene rings is 3. The Morgan fingerprint density at radius 2 is 1.70 bits per heavy atom. The van der Waals surface area contributed by atoms with E-state index in [0.717, 1.165) is 37.2 Å². The monoisotopic (exact) mass is 526 g/mol. The summed E-state index contributed by atoms with van der Waals surface area (Å²) in [5, 5.41) is 0. The van der Waals surface area contributed by atoms with Gasteiger partial charge in [0.15, 0.2) is 0 Å². The third-order valence-corrected chi connectivity index (χ3v) is 5.94. The number of carbonyl (C=O) groups is 1. The van der Waals surface area contributed by atoms with Crippen molar-refractivity contribution in [1.29, 1.82) is 0 Å². The van der Waals surface area contributed by atoms with Crippen molar-refractivity contribution in [3.63, 3.8) is 0 Å². The van der Waals surface area contributed by atoms with Gasteiger partial charge in [0, 0.05) is 20.1 Å². The van der Waals surface area contributed by atoms with E-state index in [9.17, 15) is 4.79 Å². The first-order chi connectivity index (χ1) is 14.6. The smallest absolute Gasteiger partial charge is 0.325 e. The van der Waals surface area contributed by atoms with Crippen LogP contribution < -0.4 is 0 Å². The second-order valence-electron chi connectivity index (χ2n) is 6.89. The van der Waals surface area contributed by atoms with Gasteiger partial charge in [-0.2, -0.15) is 0 Å². The number of aliphatic imine (C=N–C) groups is 1. The van der Waals surface area contributed by atoms with E-state index >= 15 is 0 Å². The average Bonchev–Trinajstić information content (AvgIpc) is 2.75. The Morgan fingerprint density at radius 1 is 1.00 bits per heavy atom. The summed E-state index contributed by atoms with van der Waals surface area (Å²) in [5.74, 6) is 0.473. The van der Waals surface area contributed by atoms with Gasteiger partial charge in [-0.3, -0.25) is 4.79 Å². The Labute approximate surface area is 192 Å². The molecule has 0 amide bonds. The van der Waals surface area contributed by atoms with Crippen molar-refractivity contribution >= 4 is 49.4 Å². The Balaban J connectivity index is 1.91. The normalized spacial score (nSPS) is 15.4. The Morgan fingerprint density at radius 3 is 2.40 bits per heavy atom. The van der Waals surface area contributed by atoms with Gasteiger partial charge in [-0.1, -0.05) is 74.3 Å². The van der Waals surface area contributed by atoms with Gasteiger partial charge in [0.1, 0.15) is 12.4 Å². The number of hydrogen-bond donors (Lipinski definition) is 0. The van der Waals surface area contributed by atoms with Crippen LogP contribution in [0.4, 0.5) is 5.69 Å². The zero-order chi connectivity index (χ0) is 21.1. The van der Waals surface area contributed by atoms with E-state index in [2.05, 4.69) is 50.1 Å². The number of hydrogen-bond acceptors (Lipinski definition) is 4. The fourth-order valence-electron chi connectivity index (χ4n) is 3.65. The van der Waals surface area contributed by atoms with Crippen molar-refractivity contribution in [2.75, 3.05) is 13.2 Å². The molecule has 0 N–H and O–H groups in total. The second kappa shape index (κ2) is 9.14. The van der Waals surface area contributed by atoms with Crippen molar-refractivity contribution < 1.29 is 9.53 Å². The Hall–Kier alpha value is -2.44. The maximum absolute atomic E-state index is 12.6. The van der Waals surface area contributed by atoms with Crippen LogP contribution in [0.2, 0.25) is 0 Å². The van der Waals surface area contributed by atoms with Crippen molar-refractivity contribution in [2.45, 2.75) is 13.0 Å². The lowest BCUT2D eigenvalue weighted by Crippen LogP contribution is -2.42. The number of ether oxygens (including phenoxy) is 1. The molecule has 4 rings (SSSR count). The van der Waals surface area contributed by atoms with Gasteiger partial charge in [0.05, 0.1) is 18.3 Å². The minimum absolute atomic E-state index is 0.105. The number of rotatable bonds is 5. The summed E-state index contributed by atoms with van der Waals surface area (Å²) in [7, 11) is 0. The van der Waals surface area contributed by atoms with E-state index in [0.29, 0.717) is 6.61 Å². The summed E-state index contributed by atoms with van der Waals surface area (Å²) in [6, 6.07) is 24.1. The maximum atomic E-state index is 12.6. The van der Waals surface area contributed by atoms with E-state index in [-0.39, 0.29) is 18.6 Å². The fraction of sp³-hybridized carbons (Fsp3) is 0.167. The standard InChI is InChI=1S/C24H20Br2N2O2/c1-2-30-22(29)15-28-23(16-6-4-3-5-7-16)20-14-19(26)12-13-21(20)27-24(28)17-8-10-18(25)11-9-17/h3-14,23H,2,15H2,1H3/t23-/m1/s1. The van der Waals surface area contributed by atoms with Crippen LogP contribution in [0.15, 0.2) is 86.7 Å². The molecule has 0 fully saturated rings. The van der Waals surface area contributed by atoms with Crippen LogP contribution in [-0.2, 0) is 9.53 Å². The molecule has 3 aromatic rings. The minimum Gasteiger partial charge on any atom is -0.465 e. The molecule has 1 aliphatic rings. The van der Waals surface area contributed by atoms with Crippen molar-refractivity contribution in [2.24, 2.45) is 4.99 Å². The molecular formula is C24H20Br2N2O2. The van der Waals surface area contributed by atoms with Crippen LogP contribution in [0, 0.1) is 0 Å². The third kappa shape index (κ3) is 4.35. The lowest BCUT2D eigenvalue weighted by atomic mass is 9.93. The van der Waals surface area contributed by atoms with Crippen LogP contribution in [0.5, 0.6) is 0 Å². The summed E-state index contributed by atoms with van der Waals surface area (Å²) >= 11 is 7.09. The first kappa shape index (κ1) is 20.8. The number of carbonyl (C=O) groups excluding carboxylic acids is 1. The quantitative estimate of drug-likeness (QED) is 0.368. The van der Waals surface area contributed by atoms with Gasteiger partial charge in [0.25, 0.3) is 0 Å². The number of nitrogens with zero attached hydrogens (tertiary/aromatic N) is 2. The van der Waals surface area contributed by atoms with Gasteiger partial charge in [-0.05, 0) is 42.8 Å². The van der Waals surface area contributed by atoms with Crippen LogP contribution in [-0.4, -0.2) is 29.9 Å². The zero-order valence-corrected chi connectivity index (χ0v) is 19.6. The first-order valence-electron chi connectivity index (χ1n) is 9.68. The summed E-state index contributed by atoms with van der Waals surface area (Å²) in [5.41, 5.74) is 3.97. The number of esters is 1. The molecule has 1 heterocycles. The van der Waals surface area contributed by atoms with Gasteiger partial charge in [-0.15, -0.1) is 0 Å². The predicted molar refractivity (Wildman–Crippen MR) is 126 cm³/mol. The molecule has 0 aromatic heterocycles. The van der Waals surface area contributed by atoms with E-state index in [1.807, 2.05) is 66.4 Å². The lowest BCUT2D eigenvalue weighted by molar-refractivity contribution is -0.143. The van der Waals surface area contributed by atoms with Crippen LogP contribution in [0.25, 0.3) is 0 Å². The number of fused-ring (bicyclic) bond motifs is 1. The van der Waals surface area contributed by atoms with E-state index in [1.54, 1.807) is 0 Å². The highest BCUT2D eigenvalue weighted by Gasteiger charge is 2.33. The maximum Gasteiger partial charge on any atom is 0.325 e. The van der Waals surface area contributed by atoms with Crippen molar-refractivity contribution in [3.05, 3.63) is 98.4 Å². The summed E-state index contributed by atoms with van der Waals surface area (Å²) in [6.07, 6.45) is 0. The number of halogens is 2. The molecule has 152 valence electrons. The number of amidine groups is 1. The highest BCUT2D eigenvalue weighted by Crippen LogP contribution is 2.41. The Kier molecular flexibility index (Phi) is 6.35. The molecule has 0 bridgehead atoms. The van der Waals surface area contributed by atoms with Gasteiger partial charge < -0.3 is 9.64 Å². The van der Waals surface area contributed by atoms with E-state index in [4.69, 9.17) is 9.73 Å².